The van der Waals surface area contributed by atoms with E-state index in [0.717, 1.165) is 29.8 Å². The van der Waals surface area contributed by atoms with Gasteiger partial charge in [-0.15, -0.1) is 0 Å². The summed E-state index contributed by atoms with van der Waals surface area (Å²) >= 11 is 0. The molecule has 1 aromatic carbocycles. The molecule has 5 nitrogen and oxygen atoms in total. The largest absolute Gasteiger partial charge is 0.497 e. The predicted molar refractivity (Wildman–Crippen MR) is 93.0 cm³/mol. The molecule has 0 bridgehead atoms. The van der Waals surface area contributed by atoms with Crippen molar-refractivity contribution in [3.05, 3.63) is 47.7 Å². The molecule has 5 heteroatoms. The highest BCUT2D eigenvalue weighted by atomic mass is 16.5. The molecule has 3 rings (SSSR count). The van der Waals surface area contributed by atoms with Crippen molar-refractivity contribution in [2.75, 3.05) is 18.6 Å². The summed E-state index contributed by atoms with van der Waals surface area (Å²) in [6, 6.07) is 9.36. The molecule has 1 amide bonds. The summed E-state index contributed by atoms with van der Waals surface area (Å²) in [5, 5.41) is 0. The second kappa shape index (κ2) is 6.91. The average Bonchev–Trinajstić information content (AvgIpc) is 2.60. The van der Waals surface area contributed by atoms with E-state index < -0.39 is 0 Å². The van der Waals surface area contributed by atoms with E-state index in [1.165, 1.54) is 0 Å². The summed E-state index contributed by atoms with van der Waals surface area (Å²) in [6.45, 7) is 4.60. The molecular formula is C19H22N2O3. The molecular weight excluding hydrogens is 304 g/mol. The third-order valence-electron chi connectivity index (χ3n) is 3.99. The van der Waals surface area contributed by atoms with Crippen LogP contribution in [0.5, 0.6) is 11.6 Å². The van der Waals surface area contributed by atoms with Crippen molar-refractivity contribution in [2.24, 2.45) is 0 Å². The Morgan fingerprint density at radius 3 is 2.75 bits per heavy atom. The van der Waals surface area contributed by atoms with Crippen LogP contribution in [0.4, 0.5) is 5.69 Å². The first-order valence-electron chi connectivity index (χ1n) is 8.20. The standard InChI is InChI=1S/C19H22N2O3/c1-13(2)24-18-9-6-15(12-20-18)19(22)21-10-4-5-14-11-16(23-3)7-8-17(14)21/h6-9,11-13H,4-5,10H2,1-3H3. The lowest BCUT2D eigenvalue weighted by Gasteiger charge is -2.29. The minimum atomic E-state index is -0.0373. The van der Waals surface area contributed by atoms with E-state index in [4.69, 9.17) is 9.47 Å². The summed E-state index contributed by atoms with van der Waals surface area (Å²) in [7, 11) is 1.65. The van der Waals surface area contributed by atoms with E-state index in [9.17, 15) is 4.79 Å². The Morgan fingerprint density at radius 2 is 2.08 bits per heavy atom. The van der Waals surface area contributed by atoms with Gasteiger partial charge in [0.05, 0.1) is 18.8 Å². The summed E-state index contributed by atoms with van der Waals surface area (Å²) in [6.07, 6.45) is 3.53. The molecule has 0 aliphatic carbocycles. The van der Waals surface area contributed by atoms with Crippen molar-refractivity contribution >= 4 is 11.6 Å². The Morgan fingerprint density at radius 1 is 1.25 bits per heavy atom. The predicted octanol–water partition coefficient (Wildman–Crippen LogP) is 3.47. The van der Waals surface area contributed by atoms with Crippen LogP contribution in [0, 0.1) is 0 Å². The van der Waals surface area contributed by atoms with Gasteiger partial charge in [-0.25, -0.2) is 4.98 Å². The molecule has 24 heavy (non-hydrogen) atoms. The molecule has 0 saturated heterocycles. The zero-order valence-electron chi connectivity index (χ0n) is 14.3. The number of aromatic nitrogens is 1. The number of nitrogens with zero attached hydrogens (tertiary/aromatic N) is 2. The minimum Gasteiger partial charge on any atom is -0.497 e. The Bertz CT molecular complexity index is 726. The van der Waals surface area contributed by atoms with E-state index in [1.54, 1.807) is 25.4 Å². The lowest BCUT2D eigenvalue weighted by molar-refractivity contribution is 0.0984. The van der Waals surface area contributed by atoms with Crippen LogP contribution in [0.3, 0.4) is 0 Å². The van der Waals surface area contributed by atoms with Crippen molar-refractivity contribution in [1.29, 1.82) is 0 Å². The number of amides is 1. The van der Waals surface area contributed by atoms with Gasteiger partial charge in [0.1, 0.15) is 5.75 Å². The van der Waals surface area contributed by atoms with Gasteiger partial charge in [-0.1, -0.05) is 0 Å². The summed E-state index contributed by atoms with van der Waals surface area (Å²) < 4.78 is 10.8. The fourth-order valence-corrected chi connectivity index (χ4v) is 2.89. The molecule has 0 spiro atoms. The Hall–Kier alpha value is -2.56. The molecule has 0 fully saturated rings. The highest BCUT2D eigenvalue weighted by molar-refractivity contribution is 6.06. The SMILES string of the molecule is COc1ccc2c(c1)CCCN2C(=O)c1ccc(OC(C)C)nc1. The first-order valence-corrected chi connectivity index (χ1v) is 8.20. The van der Waals surface area contributed by atoms with Crippen molar-refractivity contribution in [1.82, 2.24) is 4.98 Å². The maximum atomic E-state index is 12.9. The number of rotatable bonds is 4. The lowest BCUT2D eigenvalue weighted by Crippen LogP contribution is -2.35. The monoisotopic (exact) mass is 326 g/mol. The Kier molecular flexibility index (Phi) is 4.69. The van der Waals surface area contributed by atoms with Crippen LogP contribution in [0.2, 0.25) is 0 Å². The van der Waals surface area contributed by atoms with Crippen LogP contribution in [0.25, 0.3) is 0 Å². The fraction of sp³-hybridized carbons (Fsp3) is 0.368. The van der Waals surface area contributed by atoms with Crippen LogP contribution < -0.4 is 14.4 Å². The van der Waals surface area contributed by atoms with Gasteiger partial charge in [-0.3, -0.25) is 4.79 Å². The van der Waals surface area contributed by atoms with Gasteiger partial charge in [0.25, 0.3) is 5.91 Å². The maximum Gasteiger partial charge on any atom is 0.259 e. The first kappa shape index (κ1) is 16.3. The van der Waals surface area contributed by atoms with Crippen molar-refractivity contribution < 1.29 is 14.3 Å². The second-order valence-corrected chi connectivity index (χ2v) is 6.11. The molecule has 0 radical (unpaired) electrons. The number of hydrogen-bond donors (Lipinski definition) is 0. The smallest absolute Gasteiger partial charge is 0.259 e. The van der Waals surface area contributed by atoms with Gasteiger partial charge >= 0.3 is 0 Å². The summed E-state index contributed by atoms with van der Waals surface area (Å²) in [4.78, 5) is 18.9. The molecule has 1 aliphatic rings. The van der Waals surface area contributed by atoms with Gasteiger partial charge in [0.15, 0.2) is 0 Å². The van der Waals surface area contributed by atoms with Gasteiger partial charge in [-0.2, -0.15) is 0 Å². The highest BCUT2D eigenvalue weighted by Crippen LogP contribution is 2.31. The van der Waals surface area contributed by atoms with Gasteiger partial charge in [0.2, 0.25) is 5.88 Å². The number of ether oxygens (including phenoxy) is 2. The second-order valence-electron chi connectivity index (χ2n) is 6.11. The number of fused-ring (bicyclic) bond motifs is 1. The number of anilines is 1. The number of pyridine rings is 1. The lowest BCUT2D eigenvalue weighted by atomic mass is 10.0. The third kappa shape index (κ3) is 3.35. The number of hydrogen-bond acceptors (Lipinski definition) is 4. The van der Waals surface area contributed by atoms with Crippen LogP contribution in [0.15, 0.2) is 36.5 Å². The number of benzene rings is 1. The summed E-state index contributed by atoms with van der Waals surface area (Å²) in [5.74, 6) is 1.31. The van der Waals surface area contributed by atoms with Gasteiger partial charge in [0, 0.05) is 24.5 Å². The molecule has 0 unspecified atom stereocenters. The van der Waals surface area contributed by atoms with Crippen LogP contribution >= 0.6 is 0 Å². The third-order valence-corrected chi connectivity index (χ3v) is 3.99. The minimum absolute atomic E-state index is 0.0373. The first-order chi connectivity index (χ1) is 11.6. The van der Waals surface area contributed by atoms with E-state index in [1.807, 2.05) is 36.9 Å². The average molecular weight is 326 g/mol. The zero-order valence-corrected chi connectivity index (χ0v) is 14.3. The van der Waals surface area contributed by atoms with E-state index >= 15 is 0 Å². The Balaban J connectivity index is 1.83. The van der Waals surface area contributed by atoms with Crippen LogP contribution in [0.1, 0.15) is 36.2 Å². The highest BCUT2D eigenvalue weighted by Gasteiger charge is 2.24. The molecule has 0 N–H and O–H groups in total. The fourth-order valence-electron chi connectivity index (χ4n) is 2.89. The molecule has 0 atom stereocenters. The van der Waals surface area contributed by atoms with Crippen molar-refractivity contribution in [3.8, 4) is 11.6 Å². The Labute approximate surface area is 142 Å². The quantitative estimate of drug-likeness (QED) is 0.863. The number of methoxy groups -OCH3 is 1. The topological polar surface area (TPSA) is 51.7 Å². The summed E-state index contributed by atoms with van der Waals surface area (Å²) in [5.41, 5.74) is 2.66. The van der Waals surface area contributed by atoms with E-state index in [0.29, 0.717) is 18.0 Å². The van der Waals surface area contributed by atoms with Crippen LogP contribution in [-0.2, 0) is 6.42 Å². The van der Waals surface area contributed by atoms with Crippen molar-refractivity contribution in [3.63, 3.8) is 0 Å². The van der Waals surface area contributed by atoms with Gasteiger partial charge in [-0.05, 0) is 56.5 Å². The molecule has 0 saturated carbocycles. The number of carbonyl (C=O) groups is 1. The molecule has 2 aromatic rings. The van der Waals surface area contributed by atoms with Crippen molar-refractivity contribution in [2.45, 2.75) is 32.8 Å². The van der Waals surface area contributed by atoms with Gasteiger partial charge < -0.3 is 14.4 Å². The zero-order chi connectivity index (χ0) is 17.1. The molecule has 1 aliphatic heterocycles. The molecule has 2 heterocycles. The van der Waals surface area contributed by atoms with Crippen LogP contribution in [-0.4, -0.2) is 30.6 Å². The normalized spacial score (nSPS) is 13.6. The molecule has 1 aromatic heterocycles. The van der Waals surface area contributed by atoms with E-state index in [2.05, 4.69) is 4.98 Å². The number of carbonyl (C=O) groups excluding carboxylic acids is 1. The molecule has 126 valence electrons. The number of aryl methyl sites for hydroxylation is 1. The maximum absolute atomic E-state index is 12.9. The van der Waals surface area contributed by atoms with E-state index in [-0.39, 0.29) is 12.0 Å².